The Kier molecular flexibility index (Phi) is 4.81. The molecule has 4 rings (SSSR count). The summed E-state index contributed by atoms with van der Waals surface area (Å²) in [6.07, 6.45) is 9.65. The van der Waals surface area contributed by atoms with Gasteiger partial charge in [0.15, 0.2) is 11.6 Å². The first kappa shape index (κ1) is 20.7. The zero-order valence-corrected chi connectivity index (χ0v) is 18.4. The third-order valence-corrected chi connectivity index (χ3v) is 8.77. The average molecular weight is 399 g/mol. The Labute approximate surface area is 174 Å². The first-order valence-electron chi connectivity index (χ1n) is 11.1. The van der Waals surface area contributed by atoms with Crippen molar-refractivity contribution in [3.63, 3.8) is 0 Å². The van der Waals surface area contributed by atoms with Gasteiger partial charge in [0.2, 0.25) is 0 Å². The highest BCUT2D eigenvalue weighted by molar-refractivity contribution is 6.02. The average Bonchev–Trinajstić information content (AvgIpc) is 2.94. The van der Waals surface area contributed by atoms with Crippen LogP contribution in [0.1, 0.15) is 66.2 Å². The normalized spacial score (nSPS) is 43.7. The highest BCUT2D eigenvalue weighted by Crippen LogP contribution is 2.67. The quantitative estimate of drug-likeness (QED) is 0.701. The number of allylic oxidation sites excluding steroid dienone is 4. The second kappa shape index (κ2) is 6.73. The Morgan fingerprint density at radius 1 is 1.24 bits per heavy atom. The number of hydrogen-bond acceptors (Lipinski definition) is 4. The number of fused-ring (bicyclic) bond motifs is 5. The molecule has 4 aliphatic carbocycles. The maximum absolute atomic E-state index is 13.7. The molecule has 0 heterocycles. The van der Waals surface area contributed by atoms with Crippen LogP contribution in [0.15, 0.2) is 23.8 Å². The van der Waals surface area contributed by atoms with Gasteiger partial charge in [-0.15, -0.1) is 0 Å². The Balaban J connectivity index is 1.73. The van der Waals surface area contributed by atoms with Crippen molar-refractivity contribution in [2.45, 2.75) is 71.8 Å². The number of methoxy groups -OCH3 is 1. The van der Waals surface area contributed by atoms with Gasteiger partial charge in [-0.3, -0.25) is 14.4 Å². The Morgan fingerprint density at radius 3 is 2.62 bits per heavy atom. The Hall–Kier alpha value is -1.55. The number of hydrogen-bond donors (Lipinski definition) is 0. The summed E-state index contributed by atoms with van der Waals surface area (Å²) >= 11 is 0. The molecule has 3 fully saturated rings. The van der Waals surface area contributed by atoms with Gasteiger partial charge < -0.3 is 4.74 Å². The van der Waals surface area contributed by atoms with Gasteiger partial charge in [-0.05, 0) is 55.6 Å². The van der Waals surface area contributed by atoms with Crippen LogP contribution in [0, 0.1) is 34.5 Å². The van der Waals surface area contributed by atoms with Crippen LogP contribution in [0.2, 0.25) is 0 Å². The molecule has 0 saturated heterocycles. The fourth-order valence-electron chi connectivity index (χ4n) is 7.46. The third kappa shape index (κ3) is 2.71. The fraction of sp³-hybridized carbons (Fsp3) is 0.720. The molecule has 6 atom stereocenters. The van der Waals surface area contributed by atoms with Crippen molar-refractivity contribution in [3.8, 4) is 0 Å². The molecular weight excluding hydrogens is 364 g/mol. The summed E-state index contributed by atoms with van der Waals surface area (Å²) in [6.45, 7) is 8.38. The molecule has 0 amide bonds. The molecule has 29 heavy (non-hydrogen) atoms. The molecule has 0 unspecified atom stereocenters. The number of Topliss-reactive ketones (excluding diaryl/α,β-unsaturated/α-hetero) is 2. The molecular formula is C25H34O4. The van der Waals surface area contributed by atoms with Crippen molar-refractivity contribution in [2.24, 2.45) is 34.5 Å². The molecule has 4 nitrogen and oxygen atoms in total. The van der Waals surface area contributed by atoms with E-state index in [0.29, 0.717) is 25.2 Å². The number of rotatable bonds is 4. The van der Waals surface area contributed by atoms with E-state index in [4.69, 9.17) is 4.74 Å². The maximum atomic E-state index is 13.7. The molecule has 0 aromatic rings. The molecule has 0 spiro atoms. The molecule has 4 aliphatic rings. The second-order valence-electron chi connectivity index (χ2n) is 10.6. The third-order valence-electron chi connectivity index (χ3n) is 8.77. The summed E-state index contributed by atoms with van der Waals surface area (Å²) in [7, 11) is 1.65. The summed E-state index contributed by atoms with van der Waals surface area (Å²) in [5, 5.41) is 0. The molecule has 0 radical (unpaired) electrons. The largest absolute Gasteiger partial charge is 0.370 e. The van der Waals surface area contributed by atoms with Gasteiger partial charge in [0.25, 0.3) is 0 Å². The minimum Gasteiger partial charge on any atom is -0.370 e. The second-order valence-corrected chi connectivity index (χ2v) is 10.6. The Bertz CT molecular complexity index is 821. The van der Waals surface area contributed by atoms with E-state index in [1.807, 2.05) is 6.08 Å². The van der Waals surface area contributed by atoms with Crippen molar-refractivity contribution in [1.29, 1.82) is 0 Å². The molecule has 4 heteroatoms. The Morgan fingerprint density at radius 2 is 1.97 bits per heavy atom. The minimum absolute atomic E-state index is 0.0302. The highest BCUT2D eigenvalue weighted by atomic mass is 16.5. The minimum atomic E-state index is -0.849. The molecule has 0 aromatic carbocycles. The van der Waals surface area contributed by atoms with Crippen LogP contribution in [0.4, 0.5) is 0 Å². The van der Waals surface area contributed by atoms with Crippen molar-refractivity contribution in [2.75, 3.05) is 7.11 Å². The highest BCUT2D eigenvalue weighted by Gasteiger charge is 2.68. The van der Waals surface area contributed by atoms with Gasteiger partial charge in [-0.1, -0.05) is 39.3 Å². The zero-order chi connectivity index (χ0) is 21.2. The number of ketones is 3. The van der Waals surface area contributed by atoms with E-state index in [0.717, 1.165) is 24.8 Å². The van der Waals surface area contributed by atoms with Crippen LogP contribution in [0.5, 0.6) is 0 Å². The zero-order valence-electron chi connectivity index (χ0n) is 18.4. The van der Waals surface area contributed by atoms with Crippen molar-refractivity contribution in [1.82, 2.24) is 0 Å². The SMILES string of the molecule is CO[C@]1(C(=O)CC(C)C)CC[C@H]2[C@@H]3CCC4=CC(=O)C=C[C@]4(C)[C@H]3C(=O)C[C@@]21C. The molecule has 3 saturated carbocycles. The van der Waals surface area contributed by atoms with Gasteiger partial charge in [-0.25, -0.2) is 0 Å². The van der Waals surface area contributed by atoms with E-state index in [-0.39, 0.29) is 40.5 Å². The molecule has 0 aliphatic heterocycles. The van der Waals surface area contributed by atoms with Gasteiger partial charge in [0.05, 0.1) is 0 Å². The standard InChI is InChI=1S/C25H34O4/c1-15(2)12-21(28)25(29-5)11-9-19-18-7-6-16-13-17(26)8-10-23(16,3)22(18)20(27)14-24(19,25)4/h8,10,13,15,18-19,22H,6-7,9,11-12,14H2,1-5H3/t18-,19-,22+,23-,24-,25-/m0/s1. The number of carbonyl (C=O) groups is 3. The molecule has 158 valence electrons. The van der Waals surface area contributed by atoms with Gasteiger partial charge in [0.1, 0.15) is 11.4 Å². The van der Waals surface area contributed by atoms with E-state index in [1.54, 1.807) is 19.3 Å². The van der Waals surface area contributed by atoms with Gasteiger partial charge in [-0.2, -0.15) is 0 Å². The summed E-state index contributed by atoms with van der Waals surface area (Å²) in [5.74, 6) is 1.14. The smallest absolute Gasteiger partial charge is 0.178 e. The van der Waals surface area contributed by atoms with Gasteiger partial charge >= 0.3 is 0 Å². The summed E-state index contributed by atoms with van der Waals surface area (Å²) < 4.78 is 6.04. The van der Waals surface area contributed by atoms with E-state index < -0.39 is 11.0 Å². The lowest BCUT2D eigenvalue weighted by molar-refractivity contribution is -0.173. The van der Waals surface area contributed by atoms with Crippen LogP contribution >= 0.6 is 0 Å². The fourth-order valence-corrected chi connectivity index (χ4v) is 7.46. The molecule has 0 N–H and O–H groups in total. The van der Waals surface area contributed by atoms with Crippen LogP contribution in [-0.2, 0) is 19.1 Å². The lowest BCUT2D eigenvalue weighted by Gasteiger charge is -2.57. The van der Waals surface area contributed by atoms with Gasteiger partial charge in [0, 0.05) is 36.7 Å². The lowest BCUT2D eigenvalue weighted by Crippen LogP contribution is -2.60. The van der Waals surface area contributed by atoms with E-state index in [2.05, 4.69) is 27.7 Å². The van der Waals surface area contributed by atoms with E-state index in [1.165, 1.54) is 0 Å². The maximum Gasteiger partial charge on any atom is 0.178 e. The number of ether oxygens (including phenoxy) is 1. The predicted octanol–water partition coefficient (Wildman–Crippen LogP) is 4.47. The van der Waals surface area contributed by atoms with Crippen molar-refractivity contribution < 1.29 is 19.1 Å². The lowest BCUT2D eigenvalue weighted by atomic mass is 9.46. The summed E-state index contributed by atoms with van der Waals surface area (Å²) in [4.78, 5) is 38.9. The predicted molar refractivity (Wildman–Crippen MR) is 111 cm³/mol. The topological polar surface area (TPSA) is 60.4 Å². The van der Waals surface area contributed by atoms with Crippen molar-refractivity contribution in [3.05, 3.63) is 23.8 Å². The first-order valence-corrected chi connectivity index (χ1v) is 11.1. The van der Waals surface area contributed by atoms with Crippen molar-refractivity contribution >= 4 is 17.3 Å². The first-order chi connectivity index (χ1) is 13.6. The van der Waals surface area contributed by atoms with Crippen LogP contribution in [0.25, 0.3) is 0 Å². The summed E-state index contributed by atoms with van der Waals surface area (Å²) in [6, 6.07) is 0. The van der Waals surface area contributed by atoms with Crippen LogP contribution < -0.4 is 0 Å². The van der Waals surface area contributed by atoms with Crippen LogP contribution in [0.3, 0.4) is 0 Å². The monoisotopic (exact) mass is 398 g/mol. The number of carbonyl (C=O) groups excluding carboxylic acids is 3. The molecule has 0 bridgehead atoms. The van der Waals surface area contributed by atoms with E-state index in [9.17, 15) is 14.4 Å². The summed E-state index contributed by atoms with van der Waals surface area (Å²) in [5.41, 5.74) is -0.555. The van der Waals surface area contributed by atoms with E-state index >= 15 is 0 Å². The molecule has 0 aromatic heterocycles. The van der Waals surface area contributed by atoms with Crippen LogP contribution in [-0.4, -0.2) is 30.1 Å².